The van der Waals surface area contributed by atoms with Gasteiger partial charge in [-0.2, -0.15) is 4.31 Å². The highest BCUT2D eigenvalue weighted by molar-refractivity contribution is 7.88. The van der Waals surface area contributed by atoms with Gasteiger partial charge in [-0.25, -0.2) is 8.42 Å². The third kappa shape index (κ3) is 6.61. The van der Waals surface area contributed by atoms with E-state index in [1.54, 1.807) is 4.31 Å². The zero-order valence-electron chi connectivity index (χ0n) is 13.6. The molecule has 21 heavy (non-hydrogen) atoms. The minimum atomic E-state index is -3.03. The molecule has 0 bridgehead atoms. The molecule has 0 aromatic rings. The van der Waals surface area contributed by atoms with E-state index < -0.39 is 10.0 Å². The minimum absolute atomic E-state index is 0.161. The van der Waals surface area contributed by atoms with E-state index in [1.807, 2.05) is 0 Å². The van der Waals surface area contributed by atoms with Crippen LogP contribution in [0.4, 0.5) is 0 Å². The molecule has 126 valence electrons. The van der Waals surface area contributed by atoms with Gasteiger partial charge in [-0.1, -0.05) is 13.3 Å². The quantitative estimate of drug-likeness (QED) is 0.589. The van der Waals surface area contributed by atoms with Gasteiger partial charge in [-0.15, -0.1) is 0 Å². The number of nitrogens with one attached hydrogen (secondary N) is 1. The summed E-state index contributed by atoms with van der Waals surface area (Å²) in [5.74, 6) is 0. The van der Waals surface area contributed by atoms with Crippen LogP contribution >= 0.6 is 0 Å². The van der Waals surface area contributed by atoms with Crippen molar-refractivity contribution >= 4 is 10.0 Å². The second-order valence-corrected chi connectivity index (χ2v) is 8.19. The molecule has 1 aliphatic rings. The summed E-state index contributed by atoms with van der Waals surface area (Å²) in [6.45, 7) is 8.98. The summed E-state index contributed by atoms with van der Waals surface area (Å²) < 4.78 is 24.4. The number of aliphatic hydroxyl groups is 1. The van der Waals surface area contributed by atoms with Crippen molar-refractivity contribution in [2.75, 3.05) is 52.1 Å². The van der Waals surface area contributed by atoms with Crippen LogP contribution in [-0.4, -0.2) is 80.4 Å². The van der Waals surface area contributed by atoms with Crippen LogP contribution in [0.1, 0.15) is 33.1 Å². The molecular formula is C14H31N3O3S. The Morgan fingerprint density at radius 1 is 1.19 bits per heavy atom. The fraction of sp³-hybridized carbons (Fsp3) is 1.00. The number of nitrogens with zero attached hydrogens (tertiary/aromatic N) is 2. The molecule has 2 N–H and O–H groups in total. The van der Waals surface area contributed by atoms with Crippen LogP contribution in [0.3, 0.4) is 0 Å². The van der Waals surface area contributed by atoms with E-state index in [0.717, 1.165) is 45.4 Å². The summed E-state index contributed by atoms with van der Waals surface area (Å²) in [5.41, 5.74) is -0.177. The van der Waals surface area contributed by atoms with E-state index in [2.05, 4.69) is 24.1 Å². The van der Waals surface area contributed by atoms with Gasteiger partial charge in [-0.3, -0.25) is 0 Å². The van der Waals surface area contributed by atoms with Crippen LogP contribution in [0.2, 0.25) is 0 Å². The topological polar surface area (TPSA) is 72.9 Å². The van der Waals surface area contributed by atoms with Gasteiger partial charge in [0.05, 0.1) is 12.9 Å². The molecule has 0 amide bonds. The number of hydrogen-bond donors (Lipinski definition) is 2. The Labute approximate surface area is 129 Å². The number of hydrogen-bond acceptors (Lipinski definition) is 5. The Hall–Kier alpha value is -0.210. The maximum absolute atomic E-state index is 11.4. The summed E-state index contributed by atoms with van der Waals surface area (Å²) in [5, 5.41) is 12.8. The summed E-state index contributed by atoms with van der Waals surface area (Å²) in [6, 6.07) is 0. The van der Waals surface area contributed by atoms with E-state index in [-0.39, 0.29) is 12.1 Å². The molecule has 0 aliphatic carbocycles. The van der Waals surface area contributed by atoms with Gasteiger partial charge in [0.15, 0.2) is 0 Å². The average Bonchev–Trinajstić information content (AvgIpc) is 2.43. The Balaban J connectivity index is 2.20. The van der Waals surface area contributed by atoms with Gasteiger partial charge in [0.25, 0.3) is 0 Å². The van der Waals surface area contributed by atoms with Crippen LogP contribution in [-0.2, 0) is 10.0 Å². The molecule has 6 nitrogen and oxygen atoms in total. The zero-order chi connectivity index (χ0) is 15.9. The van der Waals surface area contributed by atoms with E-state index in [4.69, 9.17) is 0 Å². The van der Waals surface area contributed by atoms with Crippen LogP contribution in [0.15, 0.2) is 0 Å². The third-order valence-corrected chi connectivity index (χ3v) is 5.51. The molecule has 7 heteroatoms. The molecule has 1 rings (SSSR count). The summed E-state index contributed by atoms with van der Waals surface area (Å²) >= 11 is 0. The van der Waals surface area contributed by atoms with Gasteiger partial charge >= 0.3 is 0 Å². The molecule has 0 aromatic heterocycles. The Morgan fingerprint density at radius 2 is 1.81 bits per heavy atom. The summed E-state index contributed by atoms with van der Waals surface area (Å²) in [7, 11) is -3.03. The molecule has 0 radical (unpaired) electrons. The molecule has 0 saturated carbocycles. The van der Waals surface area contributed by atoms with Crippen LogP contribution in [0.25, 0.3) is 0 Å². The number of unbranched alkanes of at least 4 members (excludes halogenated alkanes) is 1. The predicted molar refractivity (Wildman–Crippen MR) is 85.9 cm³/mol. The van der Waals surface area contributed by atoms with Gasteiger partial charge in [0.1, 0.15) is 0 Å². The van der Waals surface area contributed by atoms with Crippen molar-refractivity contribution in [3.63, 3.8) is 0 Å². The number of rotatable bonds is 9. The minimum Gasteiger partial charge on any atom is -0.394 e. The SMILES string of the molecule is CCNC(C)(CO)CCCCN1CCN(S(C)(=O)=O)CC1. The van der Waals surface area contributed by atoms with E-state index in [0.29, 0.717) is 13.1 Å². The molecule has 1 unspecified atom stereocenters. The van der Waals surface area contributed by atoms with Crippen molar-refractivity contribution < 1.29 is 13.5 Å². The summed E-state index contributed by atoms with van der Waals surface area (Å²) in [4.78, 5) is 2.32. The average molecular weight is 321 g/mol. The Kier molecular flexibility index (Phi) is 7.56. The normalized spacial score (nSPS) is 21.3. The first-order valence-corrected chi connectivity index (χ1v) is 9.69. The molecule has 1 aliphatic heterocycles. The van der Waals surface area contributed by atoms with Gasteiger partial charge in [0.2, 0.25) is 10.0 Å². The third-order valence-electron chi connectivity index (χ3n) is 4.21. The standard InChI is InChI=1S/C14H31N3O3S/c1-4-15-14(2,13-18)7-5-6-8-16-9-11-17(12-10-16)21(3,19)20/h15,18H,4-13H2,1-3H3. The number of likely N-dealkylation sites (N-methyl/N-ethyl adjacent to an activating group) is 1. The maximum atomic E-state index is 11.4. The first-order chi connectivity index (χ1) is 9.80. The van der Waals surface area contributed by atoms with Crippen molar-refractivity contribution in [2.24, 2.45) is 0 Å². The molecule has 1 saturated heterocycles. The summed E-state index contributed by atoms with van der Waals surface area (Å²) in [6.07, 6.45) is 4.38. The Morgan fingerprint density at radius 3 is 2.29 bits per heavy atom. The highest BCUT2D eigenvalue weighted by Gasteiger charge is 2.24. The highest BCUT2D eigenvalue weighted by Crippen LogP contribution is 2.14. The molecular weight excluding hydrogens is 290 g/mol. The van der Waals surface area contributed by atoms with E-state index in [9.17, 15) is 13.5 Å². The van der Waals surface area contributed by atoms with Crippen molar-refractivity contribution in [2.45, 2.75) is 38.6 Å². The molecule has 0 aromatic carbocycles. The largest absolute Gasteiger partial charge is 0.394 e. The predicted octanol–water partition coefficient (Wildman–Crippen LogP) is 0.0944. The van der Waals surface area contributed by atoms with Crippen molar-refractivity contribution in [3.8, 4) is 0 Å². The smallest absolute Gasteiger partial charge is 0.211 e. The molecule has 0 spiro atoms. The lowest BCUT2D eigenvalue weighted by Gasteiger charge is -2.33. The van der Waals surface area contributed by atoms with Crippen molar-refractivity contribution in [1.29, 1.82) is 0 Å². The number of sulfonamides is 1. The van der Waals surface area contributed by atoms with Gasteiger partial charge in [0, 0.05) is 31.7 Å². The number of piperazine rings is 1. The zero-order valence-corrected chi connectivity index (χ0v) is 14.5. The van der Waals surface area contributed by atoms with Gasteiger partial charge < -0.3 is 15.3 Å². The van der Waals surface area contributed by atoms with Gasteiger partial charge in [-0.05, 0) is 32.9 Å². The second-order valence-electron chi connectivity index (χ2n) is 6.21. The highest BCUT2D eigenvalue weighted by atomic mass is 32.2. The second kappa shape index (κ2) is 8.43. The Bertz CT molecular complexity index is 394. The lowest BCUT2D eigenvalue weighted by atomic mass is 9.95. The fourth-order valence-corrected chi connectivity index (χ4v) is 3.61. The number of aliphatic hydroxyl groups excluding tert-OH is 1. The first kappa shape index (κ1) is 18.8. The van der Waals surface area contributed by atoms with E-state index >= 15 is 0 Å². The van der Waals surface area contributed by atoms with Crippen molar-refractivity contribution in [1.82, 2.24) is 14.5 Å². The molecule has 1 heterocycles. The maximum Gasteiger partial charge on any atom is 0.211 e. The van der Waals surface area contributed by atoms with Crippen LogP contribution < -0.4 is 5.32 Å². The van der Waals surface area contributed by atoms with E-state index in [1.165, 1.54) is 6.26 Å². The molecule has 1 atom stereocenters. The van der Waals surface area contributed by atoms with Crippen LogP contribution in [0, 0.1) is 0 Å². The van der Waals surface area contributed by atoms with Crippen molar-refractivity contribution in [3.05, 3.63) is 0 Å². The first-order valence-electron chi connectivity index (χ1n) is 7.84. The monoisotopic (exact) mass is 321 g/mol. The molecule has 1 fully saturated rings. The lowest BCUT2D eigenvalue weighted by Crippen LogP contribution is -2.48. The fourth-order valence-electron chi connectivity index (χ4n) is 2.79. The lowest BCUT2D eigenvalue weighted by molar-refractivity contribution is 0.157. The van der Waals surface area contributed by atoms with Crippen LogP contribution in [0.5, 0.6) is 0 Å².